The van der Waals surface area contributed by atoms with Crippen LogP contribution in [0.3, 0.4) is 0 Å². The van der Waals surface area contributed by atoms with Gasteiger partial charge in [0.05, 0.1) is 17.6 Å². The molecule has 0 saturated carbocycles. The quantitative estimate of drug-likeness (QED) is 0.249. The van der Waals surface area contributed by atoms with E-state index in [1.807, 2.05) is 30.3 Å². The van der Waals surface area contributed by atoms with Crippen LogP contribution in [0, 0.1) is 0 Å². The Morgan fingerprint density at radius 1 is 0.907 bits per heavy atom. The Bertz CT molecular complexity index is 1300. The van der Waals surface area contributed by atoms with E-state index in [0.717, 1.165) is 5.56 Å². The van der Waals surface area contributed by atoms with E-state index >= 15 is 0 Å². The van der Waals surface area contributed by atoms with E-state index in [9.17, 15) is 27.6 Å². The second-order valence-corrected chi connectivity index (χ2v) is 11.4. The van der Waals surface area contributed by atoms with Crippen LogP contribution in [0.15, 0.2) is 65.6 Å². The first-order chi connectivity index (χ1) is 20.7. The van der Waals surface area contributed by atoms with E-state index in [4.69, 9.17) is 14.2 Å². The maximum absolute atomic E-state index is 12.6. The number of amides is 3. The van der Waals surface area contributed by atoms with Gasteiger partial charge in [-0.25, -0.2) is 13.2 Å². The molecule has 1 aliphatic rings. The summed E-state index contributed by atoms with van der Waals surface area (Å²) in [6.45, 7) is 2.20. The van der Waals surface area contributed by atoms with Crippen LogP contribution in [0.1, 0.15) is 31.7 Å². The molecule has 2 aromatic carbocycles. The summed E-state index contributed by atoms with van der Waals surface area (Å²) in [5.74, 6) is -1.74. The lowest BCUT2D eigenvalue weighted by Gasteiger charge is -2.31. The van der Waals surface area contributed by atoms with Crippen molar-refractivity contribution in [1.82, 2.24) is 20.3 Å². The van der Waals surface area contributed by atoms with Crippen LogP contribution in [0.4, 0.5) is 4.79 Å². The molecule has 1 fully saturated rings. The Morgan fingerprint density at radius 3 is 2.21 bits per heavy atom. The summed E-state index contributed by atoms with van der Waals surface area (Å²) in [7, 11) is -4.03. The van der Waals surface area contributed by atoms with Gasteiger partial charge in [0, 0.05) is 32.6 Å². The molecule has 1 saturated heterocycles. The molecule has 13 nitrogen and oxygen atoms in total. The number of piperidine rings is 1. The van der Waals surface area contributed by atoms with Crippen LogP contribution in [0.5, 0.6) is 0 Å². The summed E-state index contributed by atoms with van der Waals surface area (Å²) in [5.41, 5.74) is 0.907. The Labute approximate surface area is 251 Å². The Morgan fingerprint density at radius 2 is 1.56 bits per heavy atom. The number of carbonyl (C=O) groups excluding carboxylic acids is 4. The Hall–Kier alpha value is -4.01. The molecule has 1 heterocycles. The van der Waals surface area contributed by atoms with Crippen molar-refractivity contribution in [3.63, 3.8) is 0 Å². The molecule has 234 valence electrons. The van der Waals surface area contributed by atoms with E-state index in [1.165, 1.54) is 12.1 Å². The average molecular weight is 619 g/mol. The number of sulfonamides is 1. The number of benzene rings is 2. The number of nitrogens with zero attached hydrogens (tertiary/aromatic N) is 1. The predicted octanol–water partition coefficient (Wildman–Crippen LogP) is 1.34. The second kappa shape index (κ2) is 17.2. The maximum atomic E-state index is 12.6. The average Bonchev–Trinajstić information content (AvgIpc) is 3.02. The zero-order chi connectivity index (χ0) is 31.1. The number of carbonyl (C=O) groups is 4. The number of nitrogens with one attached hydrogen (secondary N) is 3. The minimum atomic E-state index is -4.03. The Balaban J connectivity index is 1.31. The highest BCUT2D eigenvalue weighted by atomic mass is 32.2. The molecule has 1 aliphatic heterocycles. The van der Waals surface area contributed by atoms with Gasteiger partial charge in [0.25, 0.3) is 0 Å². The SMILES string of the molecule is CCOC(=O)[C@H](CNC(=O)CCNC(=O)COC1CCN(C(=O)OCc2ccccc2)CC1)NS(=O)(=O)c1ccccc1. The molecule has 0 bridgehead atoms. The second-order valence-electron chi connectivity index (χ2n) is 9.68. The molecule has 0 aliphatic carbocycles. The molecule has 3 rings (SSSR count). The summed E-state index contributed by atoms with van der Waals surface area (Å²) >= 11 is 0. The van der Waals surface area contributed by atoms with E-state index in [1.54, 1.807) is 30.0 Å². The molecule has 3 amide bonds. The van der Waals surface area contributed by atoms with Crippen LogP contribution >= 0.6 is 0 Å². The monoisotopic (exact) mass is 618 g/mol. The van der Waals surface area contributed by atoms with Gasteiger partial charge in [-0.2, -0.15) is 4.72 Å². The van der Waals surface area contributed by atoms with Crippen molar-refractivity contribution in [2.24, 2.45) is 0 Å². The molecule has 0 aromatic heterocycles. The largest absolute Gasteiger partial charge is 0.465 e. The normalized spacial score (nSPS) is 14.4. The third-order valence-electron chi connectivity index (χ3n) is 6.46. The first-order valence-corrected chi connectivity index (χ1v) is 15.5. The molecular formula is C29H38N4O9S. The lowest BCUT2D eigenvalue weighted by Crippen LogP contribution is -2.49. The van der Waals surface area contributed by atoms with Crippen molar-refractivity contribution in [3.05, 3.63) is 66.2 Å². The van der Waals surface area contributed by atoms with Gasteiger partial charge in [-0.05, 0) is 37.5 Å². The van der Waals surface area contributed by atoms with Gasteiger partial charge in [-0.1, -0.05) is 48.5 Å². The number of ether oxygens (including phenoxy) is 3. The predicted molar refractivity (Wildman–Crippen MR) is 155 cm³/mol. The summed E-state index contributed by atoms with van der Waals surface area (Å²) in [6.07, 6.45) is 0.445. The molecule has 0 unspecified atom stereocenters. The van der Waals surface area contributed by atoms with Gasteiger partial charge in [0.2, 0.25) is 21.8 Å². The van der Waals surface area contributed by atoms with Gasteiger partial charge in [-0.3, -0.25) is 14.4 Å². The van der Waals surface area contributed by atoms with Crippen molar-refractivity contribution in [2.75, 3.05) is 39.4 Å². The third kappa shape index (κ3) is 11.7. The fraction of sp³-hybridized carbons (Fsp3) is 0.448. The smallest absolute Gasteiger partial charge is 0.410 e. The standard InChI is InChI=1S/C29H38N4O9S/c1-2-40-28(36)25(32-43(38,39)24-11-7-4-8-12-24)19-31-26(34)13-16-30-27(35)21-41-23-14-17-33(18-15-23)29(37)42-20-22-9-5-3-6-10-22/h3-12,23,25,32H,2,13-21H2,1H3,(H,30,35)(H,31,34)/t25-/m0/s1. The highest BCUT2D eigenvalue weighted by Crippen LogP contribution is 2.15. The van der Waals surface area contributed by atoms with Crippen LogP contribution in [0.25, 0.3) is 0 Å². The molecule has 14 heteroatoms. The van der Waals surface area contributed by atoms with E-state index in [-0.39, 0.29) is 56.4 Å². The lowest BCUT2D eigenvalue weighted by molar-refractivity contribution is -0.145. The van der Waals surface area contributed by atoms with Crippen LogP contribution in [-0.4, -0.2) is 88.7 Å². The first-order valence-electron chi connectivity index (χ1n) is 14.0. The lowest BCUT2D eigenvalue weighted by atomic mass is 10.1. The van der Waals surface area contributed by atoms with E-state index < -0.39 is 33.8 Å². The highest BCUT2D eigenvalue weighted by molar-refractivity contribution is 7.89. The molecule has 0 spiro atoms. The molecule has 2 aromatic rings. The zero-order valence-electron chi connectivity index (χ0n) is 24.0. The van der Waals surface area contributed by atoms with Gasteiger partial charge in [-0.15, -0.1) is 0 Å². The fourth-order valence-corrected chi connectivity index (χ4v) is 5.36. The first kappa shape index (κ1) is 33.5. The molecular weight excluding hydrogens is 580 g/mol. The van der Waals surface area contributed by atoms with Crippen LogP contribution in [0.2, 0.25) is 0 Å². The van der Waals surface area contributed by atoms with Crippen molar-refractivity contribution in [1.29, 1.82) is 0 Å². The third-order valence-corrected chi connectivity index (χ3v) is 7.94. The van der Waals surface area contributed by atoms with Crippen LogP contribution in [-0.2, 0) is 45.2 Å². The Kier molecular flexibility index (Phi) is 13.4. The van der Waals surface area contributed by atoms with E-state index in [0.29, 0.717) is 25.9 Å². The number of rotatable bonds is 15. The van der Waals surface area contributed by atoms with Gasteiger partial charge in [0.1, 0.15) is 19.3 Å². The number of hydrogen-bond acceptors (Lipinski definition) is 9. The summed E-state index contributed by atoms with van der Waals surface area (Å²) in [6, 6.07) is 15.6. The molecule has 43 heavy (non-hydrogen) atoms. The van der Waals surface area contributed by atoms with Crippen molar-refractivity contribution in [2.45, 2.75) is 49.8 Å². The van der Waals surface area contributed by atoms with E-state index in [2.05, 4.69) is 15.4 Å². The maximum Gasteiger partial charge on any atom is 0.410 e. The van der Waals surface area contributed by atoms with Gasteiger partial charge < -0.3 is 29.7 Å². The highest BCUT2D eigenvalue weighted by Gasteiger charge is 2.28. The van der Waals surface area contributed by atoms with Crippen molar-refractivity contribution in [3.8, 4) is 0 Å². The van der Waals surface area contributed by atoms with Crippen LogP contribution < -0.4 is 15.4 Å². The minimum Gasteiger partial charge on any atom is -0.465 e. The molecule has 1 atom stereocenters. The fourth-order valence-electron chi connectivity index (χ4n) is 4.15. The summed E-state index contributed by atoms with van der Waals surface area (Å²) in [4.78, 5) is 50.7. The zero-order valence-corrected chi connectivity index (χ0v) is 24.8. The topological polar surface area (TPSA) is 169 Å². The number of likely N-dealkylation sites (tertiary alicyclic amines) is 1. The van der Waals surface area contributed by atoms with Gasteiger partial charge in [0.15, 0.2) is 0 Å². The number of hydrogen-bond donors (Lipinski definition) is 3. The summed E-state index contributed by atoms with van der Waals surface area (Å²) < 4.78 is 43.5. The minimum absolute atomic E-state index is 0.0134. The summed E-state index contributed by atoms with van der Waals surface area (Å²) in [5, 5.41) is 5.08. The molecule has 0 radical (unpaired) electrons. The van der Waals surface area contributed by atoms with Crippen molar-refractivity contribution < 1.29 is 41.8 Å². The number of esters is 1. The van der Waals surface area contributed by atoms with Crippen molar-refractivity contribution >= 4 is 33.9 Å². The molecule has 3 N–H and O–H groups in total. The van der Waals surface area contributed by atoms with Gasteiger partial charge >= 0.3 is 12.1 Å².